The Balaban J connectivity index is 0.00000420. The van der Waals surface area contributed by atoms with E-state index < -0.39 is 5.97 Å². The van der Waals surface area contributed by atoms with Gasteiger partial charge in [0.1, 0.15) is 5.75 Å². The number of aliphatic carboxylic acids is 1. The van der Waals surface area contributed by atoms with Crippen LogP contribution in [-0.4, -0.2) is 72.7 Å². The number of nitrogens with one attached hydrogen (secondary N) is 1. The van der Waals surface area contributed by atoms with Gasteiger partial charge in [-0.3, -0.25) is 19.4 Å². The number of carbonyl (C=O) groups is 2. The van der Waals surface area contributed by atoms with E-state index in [1.165, 1.54) is 0 Å². The van der Waals surface area contributed by atoms with Gasteiger partial charge in [0.15, 0.2) is 0 Å². The van der Waals surface area contributed by atoms with Crippen LogP contribution >= 0.6 is 12.4 Å². The second-order valence-corrected chi connectivity index (χ2v) is 7.44. The molecule has 0 aliphatic carbocycles. The number of nitrogens with zero attached hydrogens (tertiary/aromatic N) is 2. The highest BCUT2D eigenvalue weighted by Crippen LogP contribution is 2.16. The van der Waals surface area contributed by atoms with E-state index in [-0.39, 0.29) is 30.9 Å². The Labute approximate surface area is 179 Å². The summed E-state index contributed by atoms with van der Waals surface area (Å²) in [6, 6.07) is 8.07. The summed E-state index contributed by atoms with van der Waals surface area (Å²) < 4.78 is 5.63. The lowest BCUT2D eigenvalue weighted by molar-refractivity contribution is -0.138. The zero-order chi connectivity index (χ0) is 20.4. The quantitative estimate of drug-likeness (QED) is 0.596. The Bertz CT molecular complexity index is 644. The summed E-state index contributed by atoms with van der Waals surface area (Å²) in [6.45, 7) is 5.35. The maximum atomic E-state index is 12.3. The number of carboxylic acid groups (broad SMARTS) is 1. The lowest BCUT2D eigenvalue weighted by atomic mass is 10.1. The van der Waals surface area contributed by atoms with Crippen LogP contribution in [0.1, 0.15) is 38.2 Å². The Morgan fingerprint density at radius 2 is 2.10 bits per heavy atom. The highest BCUT2D eigenvalue weighted by Gasteiger charge is 2.22. The van der Waals surface area contributed by atoms with Crippen molar-refractivity contribution in [2.24, 2.45) is 0 Å². The fourth-order valence-corrected chi connectivity index (χ4v) is 3.50. The molecule has 0 bridgehead atoms. The summed E-state index contributed by atoms with van der Waals surface area (Å²) in [5.74, 6) is 0.0435. The molecule has 1 aromatic carbocycles. The minimum atomic E-state index is -0.799. The van der Waals surface area contributed by atoms with Gasteiger partial charge in [-0.2, -0.15) is 0 Å². The predicted octanol–water partition coefficient (Wildman–Crippen LogP) is 2.38. The molecular formula is C21H34ClN3O4. The number of halogens is 1. The van der Waals surface area contributed by atoms with Crippen molar-refractivity contribution in [3.05, 3.63) is 29.8 Å². The molecule has 0 saturated carbocycles. The van der Waals surface area contributed by atoms with Gasteiger partial charge in [-0.05, 0) is 57.0 Å². The molecule has 2 N–H and O–H groups in total. The molecule has 8 heteroatoms. The molecule has 1 aliphatic heterocycles. The van der Waals surface area contributed by atoms with Gasteiger partial charge in [-0.15, -0.1) is 12.4 Å². The van der Waals surface area contributed by atoms with Crippen molar-refractivity contribution in [1.29, 1.82) is 0 Å². The largest absolute Gasteiger partial charge is 0.494 e. The van der Waals surface area contributed by atoms with Gasteiger partial charge in [0.05, 0.1) is 19.7 Å². The van der Waals surface area contributed by atoms with Crippen LogP contribution in [0.15, 0.2) is 24.3 Å². The molecular weight excluding hydrogens is 394 g/mol. The molecule has 1 aliphatic rings. The number of benzene rings is 1. The van der Waals surface area contributed by atoms with Crippen molar-refractivity contribution in [2.75, 3.05) is 39.8 Å². The summed E-state index contributed by atoms with van der Waals surface area (Å²) in [6.07, 6.45) is 3.78. The van der Waals surface area contributed by atoms with Crippen molar-refractivity contribution in [3.8, 4) is 5.75 Å². The van der Waals surface area contributed by atoms with Crippen LogP contribution in [0.5, 0.6) is 5.75 Å². The summed E-state index contributed by atoms with van der Waals surface area (Å²) in [7, 11) is 1.86. The molecule has 1 amide bonds. The third-order valence-corrected chi connectivity index (χ3v) is 5.03. The number of carbonyl (C=O) groups excluding carboxylic acids is 1. The number of amides is 1. The van der Waals surface area contributed by atoms with Crippen LogP contribution in [0, 0.1) is 0 Å². The zero-order valence-electron chi connectivity index (χ0n) is 17.4. The smallest absolute Gasteiger partial charge is 0.317 e. The Kier molecular flexibility index (Phi) is 11.7. The Hall–Kier alpha value is -1.83. The molecule has 1 unspecified atom stereocenters. The van der Waals surface area contributed by atoms with Crippen molar-refractivity contribution in [3.63, 3.8) is 0 Å². The van der Waals surface area contributed by atoms with Gasteiger partial charge < -0.3 is 15.2 Å². The average molecular weight is 428 g/mol. The van der Waals surface area contributed by atoms with E-state index in [0.29, 0.717) is 19.7 Å². The van der Waals surface area contributed by atoms with Crippen LogP contribution in [0.25, 0.3) is 0 Å². The Morgan fingerprint density at radius 1 is 1.31 bits per heavy atom. The lowest BCUT2D eigenvalue weighted by Gasteiger charge is -2.25. The molecule has 29 heavy (non-hydrogen) atoms. The van der Waals surface area contributed by atoms with E-state index in [1.54, 1.807) is 0 Å². The minimum absolute atomic E-state index is 0. The van der Waals surface area contributed by atoms with Crippen molar-refractivity contribution in [1.82, 2.24) is 15.1 Å². The van der Waals surface area contributed by atoms with Crippen molar-refractivity contribution >= 4 is 24.3 Å². The zero-order valence-corrected chi connectivity index (χ0v) is 18.2. The summed E-state index contributed by atoms with van der Waals surface area (Å²) >= 11 is 0. The standard InChI is InChI=1S/C21H33N3O4.ClH/c1-3-12-28-19-8-4-6-17(13-19)14-22-20(25)15-24-10-5-7-18(9-11-24)23(2)16-21(26)27;/h4,6,8,13,18H,3,5,7,9-12,14-16H2,1-2H3,(H,22,25)(H,26,27);1H. The summed E-state index contributed by atoms with van der Waals surface area (Å²) in [5.41, 5.74) is 1.02. The number of likely N-dealkylation sites (N-methyl/N-ethyl adjacent to an activating group) is 1. The SMILES string of the molecule is CCCOc1cccc(CNC(=O)CN2CCCC(N(C)CC(=O)O)CC2)c1.Cl. The first-order chi connectivity index (χ1) is 13.5. The van der Waals surface area contributed by atoms with Crippen LogP contribution < -0.4 is 10.1 Å². The monoisotopic (exact) mass is 427 g/mol. The molecule has 1 atom stereocenters. The summed E-state index contributed by atoms with van der Waals surface area (Å²) in [5, 5.41) is 11.9. The number of ether oxygens (including phenoxy) is 1. The summed E-state index contributed by atoms with van der Waals surface area (Å²) in [4.78, 5) is 27.3. The number of hydrogen-bond acceptors (Lipinski definition) is 5. The second-order valence-electron chi connectivity index (χ2n) is 7.44. The highest BCUT2D eigenvalue weighted by molar-refractivity contribution is 5.85. The van der Waals surface area contributed by atoms with E-state index in [1.807, 2.05) is 36.2 Å². The molecule has 7 nitrogen and oxygen atoms in total. The number of likely N-dealkylation sites (tertiary alicyclic amines) is 1. The maximum absolute atomic E-state index is 12.3. The molecule has 0 aromatic heterocycles. The van der Waals surface area contributed by atoms with E-state index in [0.717, 1.165) is 50.1 Å². The third-order valence-electron chi connectivity index (χ3n) is 5.03. The fraction of sp³-hybridized carbons (Fsp3) is 0.619. The molecule has 0 radical (unpaired) electrons. The second kappa shape index (κ2) is 13.4. The molecule has 0 spiro atoms. The Morgan fingerprint density at radius 3 is 2.83 bits per heavy atom. The van der Waals surface area contributed by atoms with Crippen molar-refractivity contribution in [2.45, 2.75) is 45.2 Å². The third kappa shape index (κ3) is 9.47. The van der Waals surface area contributed by atoms with E-state index in [9.17, 15) is 9.59 Å². The molecule has 1 aromatic rings. The first-order valence-electron chi connectivity index (χ1n) is 10.1. The number of rotatable bonds is 10. The van der Waals surface area contributed by atoms with Crippen LogP contribution in [-0.2, 0) is 16.1 Å². The van der Waals surface area contributed by atoms with Gasteiger partial charge in [-0.25, -0.2) is 0 Å². The van der Waals surface area contributed by atoms with Gasteiger partial charge in [-0.1, -0.05) is 19.1 Å². The van der Waals surface area contributed by atoms with Gasteiger partial charge in [0, 0.05) is 19.1 Å². The predicted molar refractivity (Wildman–Crippen MR) is 116 cm³/mol. The van der Waals surface area contributed by atoms with Gasteiger partial charge in [0.25, 0.3) is 0 Å². The number of carboxylic acids is 1. The van der Waals surface area contributed by atoms with Crippen LogP contribution in [0.4, 0.5) is 0 Å². The first-order valence-corrected chi connectivity index (χ1v) is 10.1. The van der Waals surface area contributed by atoms with Crippen LogP contribution in [0.3, 0.4) is 0 Å². The molecule has 1 heterocycles. The molecule has 1 saturated heterocycles. The first kappa shape index (κ1) is 25.2. The normalized spacial score (nSPS) is 17.3. The van der Waals surface area contributed by atoms with Crippen molar-refractivity contribution < 1.29 is 19.4 Å². The van der Waals surface area contributed by atoms with Crippen LogP contribution in [0.2, 0.25) is 0 Å². The lowest BCUT2D eigenvalue weighted by Crippen LogP contribution is -2.39. The van der Waals surface area contributed by atoms with Gasteiger partial charge in [0.2, 0.25) is 5.91 Å². The highest BCUT2D eigenvalue weighted by atomic mass is 35.5. The minimum Gasteiger partial charge on any atom is -0.494 e. The topological polar surface area (TPSA) is 82.1 Å². The van der Waals surface area contributed by atoms with Gasteiger partial charge >= 0.3 is 5.97 Å². The van der Waals surface area contributed by atoms with E-state index in [2.05, 4.69) is 17.1 Å². The number of hydrogen-bond donors (Lipinski definition) is 2. The average Bonchev–Trinajstić information content (AvgIpc) is 2.90. The van der Waals surface area contributed by atoms with E-state index in [4.69, 9.17) is 9.84 Å². The maximum Gasteiger partial charge on any atom is 0.317 e. The molecule has 1 fully saturated rings. The molecule has 164 valence electrons. The molecule has 2 rings (SSSR count). The van der Waals surface area contributed by atoms with E-state index >= 15 is 0 Å². The fourth-order valence-electron chi connectivity index (χ4n) is 3.50.